The standard InChI is InChI=1S/C28H23NO3/c30-27-17-9-16-26-24(27)18-22-12-7-8-15-25(22)29(26)19-28(32-23-13-5-2-6-14-23)31-20-21-10-3-1-4-11-21/h1-18,28H,19-20H2. The number of aromatic nitrogens is 1. The van der Waals surface area contributed by atoms with Crippen LogP contribution in [0.2, 0.25) is 0 Å². The van der Waals surface area contributed by atoms with Gasteiger partial charge in [0.15, 0.2) is 5.43 Å². The Morgan fingerprint density at radius 3 is 2.28 bits per heavy atom. The molecule has 0 fully saturated rings. The van der Waals surface area contributed by atoms with Crippen LogP contribution in [0.25, 0.3) is 22.2 Å². The molecule has 1 atom stereocenters. The number of para-hydroxylation sites is 2. The van der Waals surface area contributed by atoms with Crippen molar-refractivity contribution in [3.05, 3.63) is 125 Å². The zero-order chi connectivity index (χ0) is 21.8. The highest BCUT2D eigenvalue weighted by atomic mass is 16.7. The van der Waals surface area contributed by atoms with E-state index in [1.807, 2.05) is 91.0 Å². The Hall–Kier alpha value is -3.89. The van der Waals surface area contributed by atoms with Gasteiger partial charge in [-0.25, -0.2) is 0 Å². The molecule has 4 nitrogen and oxygen atoms in total. The number of rotatable bonds is 7. The highest BCUT2D eigenvalue weighted by Gasteiger charge is 2.19. The monoisotopic (exact) mass is 421 g/mol. The fourth-order valence-electron chi connectivity index (χ4n) is 3.94. The van der Waals surface area contributed by atoms with Crippen molar-refractivity contribution in [3.63, 3.8) is 0 Å². The summed E-state index contributed by atoms with van der Waals surface area (Å²) >= 11 is 0. The predicted molar refractivity (Wildman–Crippen MR) is 127 cm³/mol. The first kappa shape index (κ1) is 20.0. The van der Waals surface area contributed by atoms with Gasteiger partial charge in [-0.1, -0.05) is 72.8 Å². The minimum absolute atomic E-state index is 0.00716. The van der Waals surface area contributed by atoms with Gasteiger partial charge in [-0.15, -0.1) is 0 Å². The molecule has 0 N–H and O–H groups in total. The van der Waals surface area contributed by atoms with Crippen LogP contribution in [0.15, 0.2) is 114 Å². The first-order valence-electron chi connectivity index (χ1n) is 10.7. The van der Waals surface area contributed by atoms with Crippen molar-refractivity contribution in [2.24, 2.45) is 0 Å². The van der Waals surface area contributed by atoms with Gasteiger partial charge in [-0.2, -0.15) is 0 Å². The number of ether oxygens (including phenoxy) is 2. The molecule has 4 heteroatoms. The Bertz CT molecular complexity index is 1350. The first-order valence-corrected chi connectivity index (χ1v) is 10.7. The van der Waals surface area contributed by atoms with Gasteiger partial charge in [0.1, 0.15) is 5.75 Å². The molecule has 5 rings (SSSR count). The number of hydrogen-bond donors (Lipinski definition) is 0. The molecule has 0 saturated carbocycles. The summed E-state index contributed by atoms with van der Waals surface area (Å²) in [6.07, 6.45) is -0.549. The summed E-state index contributed by atoms with van der Waals surface area (Å²) in [4.78, 5) is 12.6. The van der Waals surface area contributed by atoms with Crippen LogP contribution in [0.3, 0.4) is 0 Å². The number of pyridine rings is 1. The van der Waals surface area contributed by atoms with Crippen molar-refractivity contribution in [1.29, 1.82) is 0 Å². The molecule has 0 radical (unpaired) electrons. The van der Waals surface area contributed by atoms with Crippen molar-refractivity contribution < 1.29 is 9.47 Å². The molecular weight excluding hydrogens is 398 g/mol. The molecule has 1 heterocycles. The third-order valence-electron chi connectivity index (χ3n) is 5.48. The lowest BCUT2D eigenvalue weighted by molar-refractivity contribution is -0.0974. The second kappa shape index (κ2) is 9.08. The third-order valence-corrected chi connectivity index (χ3v) is 5.48. The Labute approximate surface area is 186 Å². The average molecular weight is 421 g/mol. The summed E-state index contributed by atoms with van der Waals surface area (Å²) in [5, 5.41) is 1.00. The molecule has 1 aliphatic carbocycles. The Kier molecular flexibility index (Phi) is 5.69. The van der Waals surface area contributed by atoms with Crippen LogP contribution in [-0.2, 0) is 17.9 Å². The molecular formula is C28H23NO3. The molecule has 2 aliphatic rings. The van der Waals surface area contributed by atoms with E-state index in [9.17, 15) is 4.79 Å². The summed E-state index contributed by atoms with van der Waals surface area (Å²) in [5.74, 6) is 0.736. The van der Waals surface area contributed by atoms with E-state index in [1.165, 1.54) is 0 Å². The lowest BCUT2D eigenvalue weighted by Gasteiger charge is -2.25. The fourth-order valence-corrected chi connectivity index (χ4v) is 3.94. The lowest BCUT2D eigenvalue weighted by Crippen LogP contribution is -2.28. The lowest BCUT2D eigenvalue weighted by atomic mass is 10.0. The zero-order valence-corrected chi connectivity index (χ0v) is 17.6. The zero-order valence-electron chi connectivity index (χ0n) is 17.6. The highest BCUT2D eigenvalue weighted by molar-refractivity contribution is 5.86. The van der Waals surface area contributed by atoms with Crippen LogP contribution in [0.4, 0.5) is 0 Å². The van der Waals surface area contributed by atoms with E-state index in [0.717, 1.165) is 27.9 Å². The van der Waals surface area contributed by atoms with Crippen molar-refractivity contribution in [1.82, 2.24) is 4.57 Å². The number of benzene rings is 4. The highest BCUT2D eigenvalue weighted by Crippen LogP contribution is 2.27. The minimum atomic E-state index is -0.549. The molecule has 158 valence electrons. The Morgan fingerprint density at radius 2 is 1.47 bits per heavy atom. The summed E-state index contributed by atoms with van der Waals surface area (Å²) in [5.41, 5.74) is 3.65. The van der Waals surface area contributed by atoms with Gasteiger partial charge >= 0.3 is 0 Å². The summed E-state index contributed by atoms with van der Waals surface area (Å²) in [6, 6.07) is 35.1. The SMILES string of the molecule is O=c1cccc2n(CC(OCc3ccccc3)Oc3ccccc3)c3ccccc3cc1-2. The van der Waals surface area contributed by atoms with Gasteiger partial charge in [0, 0.05) is 11.1 Å². The van der Waals surface area contributed by atoms with Crippen LogP contribution >= 0.6 is 0 Å². The summed E-state index contributed by atoms with van der Waals surface area (Å²) in [7, 11) is 0. The maximum absolute atomic E-state index is 12.6. The Balaban J connectivity index is 1.54. The largest absolute Gasteiger partial charge is 0.463 e. The predicted octanol–water partition coefficient (Wildman–Crippen LogP) is 5.73. The van der Waals surface area contributed by atoms with Crippen LogP contribution in [0.1, 0.15) is 5.56 Å². The van der Waals surface area contributed by atoms with Gasteiger partial charge in [0.2, 0.25) is 6.29 Å². The molecule has 0 amide bonds. The van der Waals surface area contributed by atoms with Crippen molar-refractivity contribution >= 4 is 10.9 Å². The van der Waals surface area contributed by atoms with Crippen molar-refractivity contribution in [2.45, 2.75) is 19.4 Å². The second-order valence-electron chi connectivity index (χ2n) is 7.66. The van der Waals surface area contributed by atoms with E-state index >= 15 is 0 Å². The number of hydrogen-bond acceptors (Lipinski definition) is 3. The van der Waals surface area contributed by atoms with Crippen molar-refractivity contribution in [3.8, 4) is 17.0 Å². The molecule has 3 aromatic carbocycles. The van der Waals surface area contributed by atoms with Crippen LogP contribution in [0.5, 0.6) is 5.75 Å². The summed E-state index contributed by atoms with van der Waals surface area (Å²) in [6.45, 7) is 0.859. The van der Waals surface area contributed by atoms with E-state index in [-0.39, 0.29) is 5.43 Å². The second-order valence-corrected chi connectivity index (χ2v) is 7.66. The van der Waals surface area contributed by atoms with Gasteiger partial charge in [-0.3, -0.25) is 4.79 Å². The molecule has 1 aliphatic heterocycles. The van der Waals surface area contributed by atoms with E-state index in [2.05, 4.69) is 10.6 Å². The minimum Gasteiger partial charge on any atom is -0.463 e. The van der Waals surface area contributed by atoms with Gasteiger partial charge in [0.25, 0.3) is 0 Å². The molecule has 0 spiro atoms. The summed E-state index contributed by atoms with van der Waals surface area (Å²) < 4.78 is 14.6. The van der Waals surface area contributed by atoms with Crippen LogP contribution in [0, 0.1) is 0 Å². The van der Waals surface area contributed by atoms with Crippen LogP contribution in [-0.4, -0.2) is 10.9 Å². The molecule has 0 saturated heterocycles. The van der Waals surface area contributed by atoms with E-state index in [1.54, 1.807) is 12.1 Å². The topological polar surface area (TPSA) is 40.5 Å². The van der Waals surface area contributed by atoms with Crippen molar-refractivity contribution in [2.75, 3.05) is 0 Å². The van der Waals surface area contributed by atoms with E-state index < -0.39 is 6.29 Å². The first-order chi connectivity index (χ1) is 15.8. The van der Waals surface area contributed by atoms with Gasteiger partial charge in [0.05, 0.1) is 18.8 Å². The molecule has 0 aromatic heterocycles. The Morgan fingerprint density at radius 1 is 0.750 bits per heavy atom. The number of nitrogens with zero attached hydrogens (tertiary/aromatic N) is 1. The molecule has 1 unspecified atom stereocenters. The van der Waals surface area contributed by atoms with E-state index in [0.29, 0.717) is 18.7 Å². The third kappa shape index (κ3) is 4.27. The molecule has 3 aromatic rings. The van der Waals surface area contributed by atoms with Crippen LogP contribution < -0.4 is 10.2 Å². The fraction of sp³-hybridized carbons (Fsp3) is 0.107. The molecule has 32 heavy (non-hydrogen) atoms. The number of fused-ring (bicyclic) bond motifs is 2. The average Bonchev–Trinajstić information content (AvgIpc) is 2.84. The quantitative estimate of drug-likeness (QED) is 0.249. The van der Waals surface area contributed by atoms with E-state index in [4.69, 9.17) is 9.47 Å². The maximum Gasteiger partial charge on any atom is 0.218 e. The smallest absolute Gasteiger partial charge is 0.218 e. The van der Waals surface area contributed by atoms with Gasteiger partial charge < -0.3 is 14.0 Å². The normalized spacial score (nSPS) is 12.1. The maximum atomic E-state index is 12.6. The molecule has 0 bridgehead atoms. The van der Waals surface area contributed by atoms with Gasteiger partial charge in [-0.05, 0) is 47.3 Å².